The molecule has 0 unspecified atom stereocenters. The van der Waals surface area contributed by atoms with Crippen LogP contribution < -0.4 is 5.32 Å². The summed E-state index contributed by atoms with van der Waals surface area (Å²) in [5, 5.41) is 14.1. The third kappa shape index (κ3) is 5.00. The van der Waals surface area contributed by atoms with E-state index < -0.39 is 28.1 Å². The van der Waals surface area contributed by atoms with Crippen molar-refractivity contribution in [3.63, 3.8) is 0 Å². The molecular formula is C17H16ClN3O5. The Hall–Kier alpha value is -3.00. The fourth-order valence-electron chi connectivity index (χ4n) is 1.97. The Morgan fingerprint density at radius 3 is 2.46 bits per heavy atom. The first kappa shape index (κ1) is 19.3. The number of carbonyl (C=O) groups is 2. The Kier molecular flexibility index (Phi) is 5.56. The number of anilines is 1. The van der Waals surface area contributed by atoms with E-state index in [4.69, 9.17) is 16.3 Å². The summed E-state index contributed by atoms with van der Waals surface area (Å²) >= 11 is 5.72. The number of nitro groups is 1. The number of halogens is 1. The Morgan fingerprint density at radius 1 is 1.23 bits per heavy atom. The lowest BCUT2D eigenvalue weighted by molar-refractivity contribution is -0.385. The van der Waals surface area contributed by atoms with Crippen molar-refractivity contribution in [1.82, 2.24) is 4.98 Å². The van der Waals surface area contributed by atoms with E-state index in [9.17, 15) is 19.7 Å². The number of hydrogen-bond donors (Lipinski definition) is 1. The minimum atomic E-state index is -0.748. The van der Waals surface area contributed by atoms with E-state index in [2.05, 4.69) is 10.3 Å². The van der Waals surface area contributed by atoms with Gasteiger partial charge in [0.25, 0.3) is 11.6 Å². The van der Waals surface area contributed by atoms with E-state index in [1.165, 1.54) is 30.5 Å². The molecule has 0 fully saturated rings. The van der Waals surface area contributed by atoms with Gasteiger partial charge in [-0.15, -0.1) is 0 Å². The van der Waals surface area contributed by atoms with Crippen LogP contribution in [0.4, 0.5) is 11.5 Å². The van der Waals surface area contributed by atoms with Crippen molar-refractivity contribution in [1.29, 1.82) is 0 Å². The number of carbonyl (C=O) groups excluding carboxylic acids is 2. The van der Waals surface area contributed by atoms with Gasteiger partial charge in [-0.25, -0.2) is 9.78 Å². The van der Waals surface area contributed by atoms with Gasteiger partial charge in [0, 0.05) is 12.3 Å². The molecule has 1 heterocycles. The molecule has 0 aliphatic rings. The second kappa shape index (κ2) is 7.49. The monoisotopic (exact) mass is 377 g/mol. The van der Waals surface area contributed by atoms with Crippen LogP contribution in [0.1, 0.15) is 41.5 Å². The van der Waals surface area contributed by atoms with Gasteiger partial charge in [0.1, 0.15) is 17.0 Å². The average Bonchev–Trinajstić information content (AvgIpc) is 2.54. The molecule has 136 valence electrons. The smallest absolute Gasteiger partial charge is 0.338 e. The van der Waals surface area contributed by atoms with Gasteiger partial charge in [-0.2, -0.15) is 0 Å². The number of aromatic nitrogens is 1. The number of nitrogens with zero attached hydrogens (tertiary/aromatic N) is 2. The van der Waals surface area contributed by atoms with Gasteiger partial charge in [0.15, 0.2) is 0 Å². The number of hydrogen-bond acceptors (Lipinski definition) is 6. The number of ether oxygens (including phenoxy) is 1. The lowest BCUT2D eigenvalue weighted by atomic mass is 10.1. The van der Waals surface area contributed by atoms with Crippen LogP contribution in [0.3, 0.4) is 0 Å². The minimum absolute atomic E-state index is 0.0206. The van der Waals surface area contributed by atoms with Gasteiger partial charge in [-0.05, 0) is 45.0 Å². The number of nitro benzene ring substituents is 1. The second-order valence-corrected chi connectivity index (χ2v) is 6.74. The van der Waals surface area contributed by atoms with Crippen LogP contribution in [0.15, 0.2) is 36.5 Å². The summed E-state index contributed by atoms with van der Waals surface area (Å²) in [5.74, 6) is -1.26. The third-order valence-electron chi connectivity index (χ3n) is 3.04. The summed E-state index contributed by atoms with van der Waals surface area (Å²) in [7, 11) is 0. The predicted molar refractivity (Wildman–Crippen MR) is 95.5 cm³/mol. The summed E-state index contributed by atoms with van der Waals surface area (Å²) in [6, 6.07) is 6.48. The molecule has 0 radical (unpaired) electrons. The molecule has 0 aliphatic heterocycles. The molecule has 0 spiro atoms. The fraction of sp³-hybridized carbons (Fsp3) is 0.235. The fourth-order valence-corrected chi connectivity index (χ4v) is 2.08. The number of amides is 1. The molecule has 1 N–H and O–H groups in total. The van der Waals surface area contributed by atoms with Crippen LogP contribution in [0.5, 0.6) is 0 Å². The number of esters is 1. The van der Waals surface area contributed by atoms with E-state index in [0.29, 0.717) is 5.02 Å². The van der Waals surface area contributed by atoms with Crippen LogP contribution in [0.2, 0.25) is 5.02 Å². The second-order valence-electron chi connectivity index (χ2n) is 6.31. The number of rotatable bonds is 4. The van der Waals surface area contributed by atoms with Crippen LogP contribution in [0.25, 0.3) is 0 Å². The molecule has 8 nitrogen and oxygen atoms in total. The SMILES string of the molecule is CC(C)(C)OC(=O)c1ccc(C(=O)Nc2ccc(Cl)cn2)c([N+](=O)[O-])c1. The normalized spacial score (nSPS) is 10.9. The van der Waals surface area contributed by atoms with Crippen molar-refractivity contribution < 1.29 is 19.2 Å². The lowest BCUT2D eigenvalue weighted by Gasteiger charge is -2.19. The highest BCUT2D eigenvalue weighted by molar-refractivity contribution is 6.30. The molecule has 0 saturated carbocycles. The maximum absolute atomic E-state index is 12.3. The van der Waals surface area contributed by atoms with Gasteiger partial charge in [-0.3, -0.25) is 14.9 Å². The van der Waals surface area contributed by atoms with Gasteiger partial charge in [0.05, 0.1) is 15.5 Å². The minimum Gasteiger partial charge on any atom is -0.456 e. The van der Waals surface area contributed by atoms with Crippen molar-refractivity contribution in [3.05, 3.63) is 62.8 Å². The number of pyridine rings is 1. The molecule has 26 heavy (non-hydrogen) atoms. The topological polar surface area (TPSA) is 111 Å². The summed E-state index contributed by atoms with van der Waals surface area (Å²) in [5.41, 5.74) is -1.49. The van der Waals surface area contributed by atoms with Crippen molar-refractivity contribution in [2.75, 3.05) is 5.32 Å². The Morgan fingerprint density at radius 2 is 1.92 bits per heavy atom. The molecule has 1 aromatic carbocycles. The summed E-state index contributed by atoms with van der Waals surface area (Å²) in [6.07, 6.45) is 1.33. The highest BCUT2D eigenvalue weighted by Gasteiger charge is 2.25. The van der Waals surface area contributed by atoms with Crippen molar-refractivity contribution in [3.8, 4) is 0 Å². The first-order chi connectivity index (χ1) is 12.1. The highest BCUT2D eigenvalue weighted by Crippen LogP contribution is 2.23. The van der Waals surface area contributed by atoms with E-state index in [1.54, 1.807) is 20.8 Å². The van der Waals surface area contributed by atoms with E-state index in [0.717, 1.165) is 6.07 Å². The first-order valence-corrected chi connectivity index (χ1v) is 7.89. The molecular weight excluding hydrogens is 362 g/mol. The zero-order valence-corrected chi connectivity index (χ0v) is 15.0. The third-order valence-corrected chi connectivity index (χ3v) is 3.27. The standard InChI is InChI=1S/C17H16ClN3O5/c1-17(2,3)26-16(23)10-4-6-12(13(8-10)21(24)25)15(22)20-14-7-5-11(18)9-19-14/h4-9H,1-3H3,(H,19,20,22). The van der Waals surface area contributed by atoms with Gasteiger partial charge < -0.3 is 10.1 Å². The Labute approximate surface area is 154 Å². The van der Waals surface area contributed by atoms with E-state index in [1.807, 2.05) is 0 Å². The molecule has 1 amide bonds. The van der Waals surface area contributed by atoms with Gasteiger partial charge in [-0.1, -0.05) is 11.6 Å². The maximum atomic E-state index is 12.3. The molecule has 0 saturated heterocycles. The number of nitrogens with one attached hydrogen (secondary N) is 1. The van der Waals surface area contributed by atoms with Crippen molar-refractivity contribution in [2.45, 2.75) is 26.4 Å². The van der Waals surface area contributed by atoms with Crippen LogP contribution in [-0.4, -0.2) is 27.4 Å². The maximum Gasteiger partial charge on any atom is 0.338 e. The quantitative estimate of drug-likeness (QED) is 0.492. The zero-order valence-electron chi connectivity index (χ0n) is 14.3. The van der Waals surface area contributed by atoms with Gasteiger partial charge >= 0.3 is 5.97 Å². The molecule has 0 atom stereocenters. The van der Waals surface area contributed by atoms with Crippen LogP contribution in [-0.2, 0) is 4.74 Å². The van der Waals surface area contributed by atoms with Crippen LogP contribution in [0, 0.1) is 10.1 Å². The Balaban J connectivity index is 2.30. The highest BCUT2D eigenvalue weighted by atomic mass is 35.5. The molecule has 0 aliphatic carbocycles. The molecule has 9 heteroatoms. The van der Waals surface area contributed by atoms with Crippen molar-refractivity contribution in [2.24, 2.45) is 0 Å². The molecule has 2 aromatic rings. The van der Waals surface area contributed by atoms with E-state index in [-0.39, 0.29) is 16.9 Å². The van der Waals surface area contributed by atoms with Crippen molar-refractivity contribution >= 4 is 35.0 Å². The first-order valence-electron chi connectivity index (χ1n) is 7.51. The lowest BCUT2D eigenvalue weighted by Crippen LogP contribution is -2.24. The summed E-state index contributed by atoms with van der Waals surface area (Å²) in [6.45, 7) is 5.04. The average molecular weight is 378 g/mol. The largest absolute Gasteiger partial charge is 0.456 e. The summed E-state index contributed by atoms with van der Waals surface area (Å²) in [4.78, 5) is 38.9. The molecule has 2 rings (SSSR count). The summed E-state index contributed by atoms with van der Waals surface area (Å²) < 4.78 is 5.18. The number of benzene rings is 1. The molecule has 1 aromatic heterocycles. The van der Waals surface area contributed by atoms with E-state index >= 15 is 0 Å². The van der Waals surface area contributed by atoms with Gasteiger partial charge in [0.2, 0.25) is 0 Å². The molecule has 0 bridgehead atoms. The Bertz CT molecular complexity index is 860. The predicted octanol–water partition coefficient (Wildman–Crippen LogP) is 3.85. The zero-order chi connectivity index (χ0) is 19.5. The van der Waals surface area contributed by atoms with Crippen LogP contribution >= 0.6 is 11.6 Å².